The second-order valence-corrected chi connectivity index (χ2v) is 8.90. The molecule has 0 aliphatic carbocycles. The van der Waals surface area contributed by atoms with Crippen LogP contribution in [0.3, 0.4) is 0 Å². The van der Waals surface area contributed by atoms with Crippen molar-refractivity contribution in [1.29, 1.82) is 0 Å². The van der Waals surface area contributed by atoms with Gasteiger partial charge in [-0.1, -0.05) is 30.3 Å². The highest BCUT2D eigenvalue weighted by Crippen LogP contribution is 2.41. The minimum Gasteiger partial charge on any atom is -0.333 e. The van der Waals surface area contributed by atoms with Gasteiger partial charge >= 0.3 is 6.18 Å². The Bertz CT molecular complexity index is 1680. The van der Waals surface area contributed by atoms with Gasteiger partial charge in [0.05, 0.1) is 12.1 Å². The second kappa shape index (κ2) is 8.29. The fourth-order valence-electron chi connectivity index (χ4n) is 4.99. The van der Waals surface area contributed by atoms with Crippen LogP contribution in [0, 0.1) is 0 Å². The number of hydrogen-bond acceptors (Lipinski definition) is 4. The Hall–Kier alpha value is -4.47. The molecule has 10 heteroatoms. The number of aryl methyl sites for hydroxylation is 2. The van der Waals surface area contributed by atoms with Crippen LogP contribution in [0.4, 0.5) is 19.0 Å². The molecule has 3 aromatic heterocycles. The summed E-state index contributed by atoms with van der Waals surface area (Å²) in [5.74, 6) is 0.449. The number of anilines is 1. The third kappa shape index (κ3) is 3.59. The number of hydrogen-bond donors (Lipinski definition) is 0. The summed E-state index contributed by atoms with van der Waals surface area (Å²) in [6.45, 7) is 2.41. The Balaban J connectivity index is 1.56. The molecule has 0 bridgehead atoms. The van der Waals surface area contributed by atoms with Gasteiger partial charge in [-0.15, -0.1) is 10.2 Å². The highest BCUT2D eigenvalue weighted by molar-refractivity contribution is 6.11. The number of carbonyl (C=O) groups excluding carboxylic acids is 1. The quantitative estimate of drug-likeness (QED) is 0.316. The fourth-order valence-corrected chi connectivity index (χ4v) is 4.99. The number of aromatic nitrogens is 5. The van der Waals surface area contributed by atoms with Crippen molar-refractivity contribution in [2.24, 2.45) is 7.05 Å². The molecule has 1 aliphatic rings. The second-order valence-electron chi connectivity index (χ2n) is 8.90. The highest BCUT2D eigenvalue weighted by atomic mass is 19.4. The number of halogens is 3. The van der Waals surface area contributed by atoms with E-state index in [-0.39, 0.29) is 23.5 Å². The van der Waals surface area contributed by atoms with Crippen LogP contribution in [0.5, 0.6) is 0 Å². The lowest BCUT2D eigenvalue weighted by atomic mass is 9.97. The molecule has 6 rings (SSSR count). The molecule has 0 unspecified atom stereocenters. The number of pyridine rings is 1. The normalized spacial score (nSPS) is 13.5. The van der Waals surface area contributed by atoms with Gasteiger partial charge in [0.25, 0.3) is 5.91 Å². The van der Waals surface area contributed by atoms with Crippen LogP contribution < -0.4 is 4.90 Å². The van der Waals surface area contributed by atoms with Gasteiger partial charge in [-0.05, 0) is 47.9 Å². The minimum absolute atomic E-state index is 0.0335. The summed E-state index contributed by atoms with van der Waals surface area (Å²) in [6, 6.07) is 15.2. The van der Waals surface area contributed by atoms with E-state index >= 15 is 0 Å². The molecule has 7 nitrogen and oxygen atoms in total. The van der Waals surface area contributed by atoms with E-state index in [1.807, 2.05) is 59.6 Å². The molecule has 0 saturated heterocycles. The predicted molar refractivity (Wildman–Crippen MR) is 133 cm³/mol. The zero-order valence-electron chi connectivity index (χ0n) is 20.0. The van der Waals surface area contributed by atoms with Crippen molar-refractivity contribution < 1.29 is 18.0 Å². The summed E-state index contributed by atoms with van der Waals surface area (Å²) in [5, 5.41) is 9.13. The number of carbonyl (C=O) groups is 1. The SMILES string of the molecule is CCn1ccc2c(-c3ccccc3-c3nncn3C)cc(N3Cc4c(cccc4C(F)(F)F)C3=O)nc21. The van der Waals surface area contributed by atoms with Crippen molar-refractivity contribution in [3.05, 3.63) is 83.8 Å². The first kappa shape index (κ1) is 23.0. The largest absolute Gasteiger partial charge is 0.416 e. The molecule has 1 aliphatic heterocycles. The number of amides is 1. The number of rotatable bonds is 4. The van der Waals surface area contributed by atoms with E-state index in [0.29, 0.717) is 18.0 Å². The van der Waals surface area contributed by atoms with Gasteiger partial charge in [0.1, 0.15) is 17.8 Å². The van der Waals surface area contributed by atoms with Crippen molar-refractivity contribution in [2.45, 2.75) is 26.2 Å². The fraction of sp³-hybridized carbons (Fsp3) is 0.185. The molecule has 1 amide bonds. The van der Waals surface area contributed by atoms with E-state index in [1.165, 1.54) is 17.0 Å². The van der Waals surface area contributed by atoms with Crippen LogP contribution in [-0.4, -0.2) is 30.2 Å². The Morgan fingerprint density at radius 2 is 1.73 bits per heavy atom. The molecular weight excluding hydrogens is 481 g/mol. The maximum atomic E-state index is 13.7. The van der Waals surface area contributed by atoms with Crippen molar-refractivity contribution in [3.63, 3.8) is 0 Å². The number of alkyl halides is 3. The molecule has 37 heavy (non-hydrogen) atoms. The predicted octanol–water partition coefficient (Wildman–Crippen LogP) is 5.70. The molecule has 4 heterocycles. The van der Waals surface area contributed by atoms with E-state index in [0.717, 1.165) is 28.1 Å². The Morgan fingerprint density at radius 3 is 2.43 bits per heavy atom. The molecule has 0 spiro atoms. The maximum Gasteiger partial charge on any atom is 0.416 e. The molecule has 0 radical (unpaired) electrons. The molecule has 5 aromatic rings. The average Bonchev–Trinajstić information content (AvgIpc) is 3.59. The van der Waals surface area contributed by atoms with Gasteiger partial charge in [-0.25, -0.2) is 4.98 Å². The van der Waals surface area contributed by atoms with Crippen molar-refractivity contribution >= 4 is 22.8 Å². The van der Waals surface area contributed by atoms with Gasteiger partial charge in [-0.2, -0.15) is 13.2 Å². The summed E-state index contributed by atoms with van der Waals surface area (Å²) in [5.41, 5.74) is 2.33. The summed E-state index contributed by atoms with van der Waals surface area (Å²) in [4.78, 5) is 19.4. The lowest BCUT2D eigenvalue weighted by Gasteiger charge is -2.18. The molecular formula is C27H21F3N6O. The topological polar surface area (TPSA) is 68.8 Å². The van der Waals surface area contributed by atoms with E-state index < -0.39 is 17.6 Å². The Labute approximate surface area is 209 Å². The van der Waals surface area contributed by atoms with Crippen LogP contribution in [0.1, 0.15) is 28.4 Å². The molecule has 186 valence electrons. The van der Waals surface area contributed by atoms with E-state index in [1.54, 1.807) is 12.4 Å². The molecule has 0 N–H and O–H groups in total. The molecule has 0 saturated carbocycles. The van der Waals surface area contributed by atoms with Crippen LogP contribution in [0.2, 0.25) is 0 Å². The van der Waals surface area contributed by atoms with Gasteiger partial charge in [0.15, 0.2) is 5.82 Å². The van der Waals surface area contributed by atoms with Gasteiger partial charge in [-0.3, -0.25) is 9.69 Å². The number of benzene rings is 2. The first-order chi connectivity index (χ1) is 17.8. The third-order valence-corrected chi connectivity index (χ3v) is 6.78. The Morgan fingerprint density at radius 1 is 0.973 bits per heavy atom. The first-order valence-corrected chi connectivity index (χ1v) is 11.7. The Kier molecular flexibility index (Phi) is 5.15. The lowest BCUT2D eigenvalue weighted by Crippen LogP contribution is -2.24. The summed E-state index contributed by atoms with van der Waals surface area (Å²) >= 11 is 0. The first-order valence-electron chi connectivity index (χ1n) is 11.7. The van der Waals surface area contributed by atoms with E-state index in [4.69, 9.17) is 4.98 Å². The van der Waals surface area contributed by atoms with Crippen LogP contribution in [0.15, 0.2) is 67.1 Å². The average molecular weight is 503 g/mol. The van der Waals surface area contributed by atoms with Gasteiger partial charge in [0, 0.05) is 36.3 Å². The standard InChI is InChI=1S/C27H21F3N6O/c1-3-35-12-11-18-20(16-7-4-5-8-17(16)25-33-31-15-34(25)2)13-23(32-24(18)35)36-14-21-19(26(36)37)9-6-10-22(21)27(28,29)30/h4-13,15H,3,14H2,1-2H3. The molecule has 0 atom stereocenters. The third-order valence-electron chi connectivity index (χ3n) is 6.78. The van der Waals surface area contributed by atoms with E-state index in [2.05, 4.69) is 10.2 Å². The molecule has 2 aromatic carbocycles. The van der Waals surface area contributed by atoms with Crippen LogP contribution in [-0.2, 0) is 26.3 Å². The van der Waals surface area contributed by atoms with Gasteiger partial charge in [0.2, 0.25) is 0 Å². The van der Waals surface area contributed by atoms with Crippen LogP contribution in [0.25, 0.3) is 33.5 Å². The van der Waals surface area contributed by atoms with Crippen molar-refractivity contribution in [1.82, 2.24) is 24.3 Å². The molecule has 0 fully saturated rings. The summed E-state index contributed by atoms with van der Waals surface area (Å²) in [6.07, 6.45) is -1.03. The van der Waals surface area contributed by atoms with Crippen LogP contribution >= 0.6 is 0 Å². The summed E-state index contributed by atoms with van der Waals surface area (Å²) < 4.78 is 44.9. The summed E-state index contributed by atoms with van der Waals surface area (Å²) in [7, 11) is 1.85. The smallest absolute Gasteiger partial charge is 0.333 e. The number of nitrogens with zero attached hydrogens (tertiary/aromatic N) is 6. The lowest BCUT2D eigenvalue weighted by molar-refractivity contribution is -0.138. The van der Waals surface area contributed by atoms with Gasteiger partial charge < -0.3 is 9.13 Å². The van der Waals surface area contributed by atoms with Crippen molar-refractivity contribution in [2.75, 3.05) is 4.90 Å². The highest BCUT2D eigenvalue weighted by Gasteiger charge is 2.40. The maximum absolute atomic E-state index is 13.7. The van der Waals surface area contributed by atoms with E-state index in [9.17, 15) is 18.0 Å². The number of fused-ring (bicyclic) bond motifs is 2. The van der Waals surface area contributed by atoms with Crippen molar-refractivity contribution in [3.8, 4) is 22.5 Å². The zero-order valence-corrected chi connectivity index (χ0v) is 20.0. The minimum atomic E-state index is -4.56. The monoisotopic (exact) mass is 502 g/mol. The zero-order chi connectivity index (χ0) is 25.9.